The van der Waals surface area contributed by atoms with Gasteiger partial charge in [-0.3, -0.25) is 14.5 Å². The maximum Gasteiger partial charge on any atom is 0.277 e. The first-order valence-electron chi connectivity index (χ1n) is 10.3. The molecule has 9 heteroatoms. The van der Waals surface area contributed by atoms with Gasteiger partial charge in [-0.2, -0.15) is 0 Å². The van der Waals surface area contributed by atoms with Crippen LogP contribution < -0.4 is 10.2 Å². The minimum Gasteiger partial charge on any atom is -0.395 e. The molecule has 164 valence electrons. The van der Waals surface area contributed by atoms with Gasteiger partial charge in [-0.05, 0) is 44.9 Å². The number of imide groups is 1. The van der Waals surface area contributed by atoms with Crippen molar-refractivity contribution in [3.05, 3.63) is 30.0 Å². The van der Waals surface area contributed by atoms with Crippen LogP contribution in [-0.2, 0) is 19.4 Å². The fourth-order valence-corrected chi connectivity index (χ4v) is 4.88. The van der Waals surface area contributed by atoms with Gasteiger partial charge in [0.05, 0.1) is 29.0 Å². The van der Waals surface area contributed by atoms with Gasteiger partial charge in [0.1, 0.15) is 5.70 Å². The predicted octanol–water partition coefficient (Wildman–Crippen LogP) is 1.91. The molecule has 0 aromatic heterocycles. The summed E-state index contributed by atoms with van der Waals surface area (Å²) in [6, 6.07) is 5.12. The molecule has 0 saturated carbocycles. The Morgan fingerprint density at radius 3 is 2.37 bits per heavy atom. The van der Waals surface area contributed by atoms with Crippen LogP contribution in [0.1, 0.15) is 39.5 Å². The third kappa shape index (κ3) is 4.52. The summed E-state index contributed by atoms with van der Waals surface area (Å²) in [5.41, 5.74) is 1.16. The van der Waals surface area contributed by atoms with Crippen LogP contribution in [0, 0.1) is 0 Å². The molecule has 0 aliphatic carbocycles. The highest BCUT2D eigenvalue weighted by Crippen LogP contribution is 2.32. The van der Waals surface area contributed by atoms with E-state index in [1.807, 2.05) is 0 Å². The summed E-state index contributed by atoms with van der Waals surface area (Å²) >= 11 is 0. The topological polar surface area (TPSA) is 107 Å². The third-order valence-corrected chi connectivity index (χ3v) is 7.67. The SMILES string of the molecule is CC(C)S(=O)(=O)c1ccc(N2CCCCCC2)cc1NC1=CC(=O)N(CCO)C1=O. The predicted molar refractivity (Wildman–Crippen MR) is 115 cm³/mol. The molecule has 2 aliphatic rings. The second kappa shape index (κ2) is 9.18. The zero-order valence-corrected chi connectivity index (χ0v) is 18.2. The largest absolute Gasteiger partial charge is 0.395 e. The molecule has 2 N–H and O–H groups in total. The van der Waals surface area contributed by atoms with E-state index >= 15 is 0 Å². The Bertz CT molecular complexity index is 947. The Morgan fingerprint density at radius 2 is 1.77 bits per heavy atom. The number of β-amino-alcohol motifs (C(OH)–C–C–N with tert-alkyl or cyclic N) is 1. The Morgan fingerprint density at radius 1 is 1.10 bits per heavy atom. The van der Waals surface area contributed by atoms with Gasteiger partial charge >= 0.3 is 0 Å². The number of benzene rings is 1. The normalized spacial score (nSPS) is 18.1. The molecular formula is C21H29N3O5S. The highest BCUT2D eigenvalue weighted by molar-refractivity contribution is 7.92. The number of aliphatic hydroxyl groups excluding tert-OH is 1. The van der Waals surface area contributed by atoms with Crippen LogP contribution in [0.2, 0.25) is 0 Å². The van der Waals surface area contributed by atoms with E-state index in [1.54, 1.807) is 32.0 Å². The number of sulfone groups is 1. The number of hydrogen-bond donors (Lipinski definition) is 2. The quantitative estimate of drug-likeness (QED) is 0.630. The van der Waals surface area contributed by atoms with E-state index in [9.17, 15) is 18.0 Å². The lowest BCUT2D eigenvalue weighted by Crippen LogP contribution is -2.34. The summed E-state index contributed by atoms with van der Waals surface area (Å²) in [7, 11) is -3.62. The van der Waals surface area contributed by atoms with Crippen molar-refractivity contribution < 1.29 is 23.1 Å². The van der Waals surface area contributed by atoms with Crippen LogP contribution in [0.4, 0.5) is 11.4 Å². The fourth-order valence-electron chi connectivity index (χ4n) is 3.70. The van der Waals surface area contributed by atoms with Gasteiger partial charge in [0.25, 0.3) is 11.8 Å². The molecule has 1 saturated heterocycles. The van der Waals surface area contributed by atoms with Crippen molar-refractivity contribution in [3.63, 3.8) is 0 Å². The van der Waals surface area contributed by atoms with Gasteiger partial charge in [0.2, 0.25) is 0 Å². The summed E-state index contributed by atoms with van der Waals surface area (Å²) in [5, 5.41) is 11.3. The summed E-state index contributed by atoms with van der Waals surface area (Å²) < 4.78 is 25.8. The number of amides is 2. The van der Waals surface area contributed by atoms with E-state index in [-0.39, 0.29) is 29.4 Å². The van der Waals surface area contributed by atoms with E-state index in [0.717, 1.165) is 42.6 Å². The molecule has 1 aromatic rings. The minimum atomic E-state index is -3.62. The number of nitrogens with one attached hydrogen (secondary N) is 1. The Balaban J connectivity index is 1.99. The minimum absolute atomic E-state index is 0.00155. The first-order chi connectivity index (χ1) is 14.3. The van der Waals surface area contributed by atoms with E-state index < -0.39 is 26.9 Å². The van der Waals surface area contributed by atoms with Crippen molar-refractivity contribution in [2.24, 2.45) is 0 Å². The highest BCUT2D eigenvalue weighted by Gasteiger charge is 2.32. The van der Waals surface area contributed by atoms with Crippen molar-refractivity contribution in [2.75, 3.05) is 36.5 Å². The lowest BCUT2D eigenvalue weighted by Gasteiger charge is -2.25. The Hall–Kier alpha value is -2.39. The summed E-state index contributed by atoms with van der Waals surface area (Å²) in [6.45, 7) is 4.54. The standard InChI is InChI=1S/C21H29N3O5S/c1-15(2)30(28,29)19-8-7-16(23-9-5-3-4-6-10-23)13-17(19)22-18-14-20(26)24(11-12-25)21(18)27/h7-8,13-15,22,25H,3-6,9-12H2,1-2H3. The van der Waals surface area contributed by atoms with Crippen LogP contribution in [-0.4, -0.2) is 61.7 Å². The monoisotopic (exact) mass is 435 g/mol. The summed E-state index contributed by atoms with van der Waals surface area (Å²) in [4.78, 5) is 27.9. The molecule has 1 fully saturated rings. The average Bonchev–Trinajstić information content (AvgIpc) is 2.90. The number of anilines is 2. The zero-order valence-electron chi connectivity index (χ0n) is 17.4. The van der Waals surface area contributed by atoms with Crippen LogP contribution in [0.5, 0.6) is 0 Å². The van der Waals surface area contributed by atoms with Crippen molar-refractivity contribution in [3.8, 4) is 0 Å². The first kappa shape index (κ1) is 22.3. The molecule has 30 heavy (non-hydrogen) atoms. The Kier molecular flexibility index (Phi) is 6.82. The van der Waals surface area contributed by atoms with Gasteiger partial charge in [-0.25, -0.2) is 8.42 Å². The van der Waals surface area contributed by atoms with E-state index in [2.05, 4.69) is 10.2 Å². The van der Waals surface area contributed by atoms with Crippen LogP contribution in [0.15, 0.2) is 34.9 Å². The molecule has 3 rings (SSSR count). The van der Waals surface area contributed by atoms with Gasteiger partial charge in [-0.1, -0.05) is 12.8 Å². The van der Waals surface area contributed by atoms with Crippen LogP contribution >= 0.6 is 0 Å². The molecule has 0 radical (unpaired) electrons. The lowest BCUT2D eigenvalue weighted by molar-refractivity contribution is -0.137. The molecule has 0 spiro atoms. The maximum absolute atomic E-state index is 12.9. The first-order valence-corrected chi connectivity index (χ1v) is 11.9. The van der Waals surface area contributed by atoms with Crippen molar-refractivity contribution in [2.45, 2.75) is 49.7 Å². The summed E-state index contributed by atoms with van der Waals surface area (Å²) in [5.74, 6) is -1.12. The van der Waals surface area contributed by atoms with E-state index in [0.29, 0.717) is 0 Å². The molecule has 0 bridgehead atoms. The molecule has 2 aliphatic heterocycles. The number of nitrogens with zero attached hydrogens (tertiary/aromatic N) is 2. The van der Waals surface area contributed by atoms with E-state index in [1.165, 1.54) is 12.8 Å². The Labute approximate surface area is 177 Å². The van der Waals surface area contributed by atoms with Gasteiger partial charge in [0.15, 0.2) is 9.84 Å². The lowest BCUT2D eigenvalue weighted by atomic mass is 10.2. The van der Waals surface area contributed by atoms with E-state index in [4.69, 9.17) is 5.11 Å². The third-order valence-electron chi connectivity index (χ3n) is 5.46. The molecule has 8 nitrogen and oxygen atoms in total. The second-order valence-corrected chi connectivity index (χ2v) is 10.3. The number of aliphatic hydroxyl groups is 1. The molecular weight excluding hydrogens is 406 g/mol. The van der Waals surface area contributed by atoms with Crippen molar-refractivity contribution >= 4 is 33.0 Å². The molecule has 2 heterocycles. The number of rotatable bonds is 7. The molecule has 1 aromatic carbocycles. The number of carbonyl (C=O) groups is 2. The maximum atomic E-state index is 12.9. The zero-order chi connectivity index (χ0) is 21.9. The highest BCUT2D eigenvalue weighted by atomic mass is 32.2. The number of carbonyl (C=O) groups excluding carboxylic acids is 2. The second-order valence-electron chi connectivity index (χ2n) is 7.88. The van der Waals surface area contributed by atoms with Gasteiger partial charge < -0.3 is 15.3 Å². The molecule has 0 unspecified atom stereocenters. The molecule has 2 amide bonds. The van der Waals surface area contributed by atoms with Crippen LogP contribution in [0.3, 0.4) is 0 Å². The average molecular weight is 436 g/mol. The van der Waals surface area contributed by atoms with Crippen LogP contribution in [0.25, 0.3) is 0 Å². The fraction of sp³-hybridized carbons (Fsp3) is 0.524. The van der Waals surface area contributed by atoms with Crippen molar-refractivity contribution in [1.29, 1.82) is 0 Å². The van der Waals surface area contributed by atoms with Crippen molar-refractivity contribution in [1.82, 2.24) is 4.90 Å². The van der Waals surface area contributed by atoms with Gasteiger partial charge in [-0.15, -0.1) is 0 Å². The molecule has 0 atom stereocenters. The summed E-state index contributed by atoms with van der Waals surface area (Å²) in [6.07, 6.45) is 5.63. The smallest absolute Gasteiger partial charge is 0.277 e. The van der Waals surface area contributed by atoms with Gasteiger partial charge in [0, 0.05) is 24.9 Å². The number of hydrogen-bond acceptors (Lipinski definition) is 7.